The summed E-state index contributed by atoms with van der Waals surface area (Å²) in [4.78, 5) is 10.8. The smallest absolute Gasteiger partial charge is 0.224 e. The minimum atomic E-state index is -0.744. The fourth-order valence-corrected chi connectivity index (χ4v) is 1.80. The van der Waals surface area contributed by atoms with E-state index in [-0.39, 0.29) is 0 Å². The van der Waals surface area contributed by atoms with Crippen LogP contribution in [-0.2, 0) is 0 Å². The number of anilines is 2. The van der Waals surface area contributed by atoms with Crippen LogP contribution >= 0.6 is 0 Å². The van der Waals surface area contributed by atoms with Crippen LogP contribution < -0.4 is 10.2 Å². The van der Waals surface area contributed by atoms with Gasteiger partial charge in [0.25, 0.3) is 0 Å². The topological polar surface area (TPSA) is 61.3 Å². The van der Waals surface area contributed by atoms with Crippen molar-refractivity contribution in [2.75, 3.05) is 29.9 Å². The molecule has 0 radical (unpaired) electrons. The molecule has 0 unspecified atom stereocenters. The van der Waals surface area contributed by atoms with E-state index in [9.17, 15) is 5.11 Å². The molecular weight excluding hydrogens is 228 g/mol. The average Bonchev–Trinajstić information content (AvgIpc) is 2.28. The highest BCUT2D eigenvalue weighted by Gasteiger charge is 2.20. The van der Waals surface area contributed by atoms with Crippen molar-refractivity contribution in [3.05, 3.63) is 11.8 Å². The van der Waals surface area contributed by atoms with Gasteiger partial charge in [-0.25, -0.2) is 4.98 Å². The third-order valence-electron chi connectivity index (χ3n) is 2.54. The van der Waals surface area contributed by atoms with E-state index >= 15 is 0 Å². The monoisotopic (exact) mass is 252 g/mol. The molecule has 0 fully saturated rings. The second kappa shape index (κ2) is 6.00. The lowest BCUT2D eigenvalue weighted by Gasteiger charge is -2.30. The van der Waals surface area contributed by atoms with E-state index in [0.29, 0.717) is 12.5 Å². The maximum atomic E-state index is 9.94. The molecule has 1 aromatic heterocycles. The summed E-state index contributed by atoms with van der Waals surface area (Å²) in [5.41, 5.74) is 0.272. The summed E-state index contributed by atoms with van der Waals surface area (Å²) in [7, 11) is 0. The fourth-order valence-electron chi connectivity index (χ4n) is 1.80. The van der Waals surface area contributed by atoms with Gasteiger partial charge in [0, 0.05) is 31.4 Å². The Hall–Kier alpha value is -1.36. The number of nitrogens with zero attached hydrogens (tertiary/aromatic N) is 3. The molecule has 0 aromatic carbocycles. The zero-order chi connectivity index (χ0) is 13.8. The van der Waals surface area contributed by atoms with Gasteiger partial charge in [-0.15, -0.1) is 0 Å². The van der Waals surface area contributed by atoms with Gasteiger partial charge in [-0.2, -0.15) is 4.98 Å². The first-order valence-corrected chi connectivity index (χ1v) is 6.42. The van der Waals surface area contributed by atoms with E-state index in [2.05, 4.69) is 27.1 Å². The predicted molar refractivity (Wildman–Crippen MR) is 75.1 cm³/mol. The Morgan fingerprint density at radius 1 is 1.39 bits per heavy atom. The molecular formula is C13H24N4O. The van der Waals surface area contributed by atoms with E-state index in [1.807, 2.05) is 20.0 Å². The van der Waals surface area contributed by atoms with Crippen molar-refractivity contribution in [2.45, 2.75) is 40.2 Å². The Labute approximate surface area is 109 Å². The molecule has 1 heterocycles. The van der Waals surface area contributed by atoms with Gasteiger partial charge in [0.1, 0.15) is 5.82 Å². The van der Waals surface area contributed by atoms with Crippen molar-refractivity contribution in [1.29, 1.82) is 0 Å². The van der Waals surface area contributed by atoms with Crippen LogP contribution in [0.25, 0.3) is 0 Å². The molecule has 1 aromatic rings. The molecule has 0 aliphatic carbocycles. The number of aryl methyl sites for hydroxylation is 1. The van der Waals surface area contributed by atoms with Crippen molar-refractivity contribution in [3.63, 3.8) is 0 Å². The van der Waals surface area contributed by atoms with E-state index in [0.717, 1.165) is 24.5 Å². The van der Waals surface area contributed by atoms with Gasteiger partial charge in [-0.05, 0) is 34.6 Å². The third kappa shape index (κ3) is 4.14. The number of aliphatic hydroxyl groups is 1. The minimum Gasteiger partial charge on any atom is -0.389 e. The molecule has 2 N–H and O–H groups in total. The summed E-state index contributed by atoms with van der Waals surface area (Å²) in [5, 5.41) is 13.0. The van der Waals surface area contributed by atoms with Crippen LogP contribution in [0.3, 0.4) is 0 Å². The van der Waals surface area contributed by atoms with Crippen molar-refractivity contribution < 1.29 is 5.11 Å². The van der Waals surface area contributed by atoms with E-state index in [1.54, 1.807) is 13.8 Å². The van der Waals surface area contributed by atoms with Crippen LogP contribution in [0.4, 0.5) is 11.8 Å². The highest BCUT2D eigenvalue weighted by atomic mass is 16.3. The SMILES string of the molecule is CCNc1ncc(C)c(N(CC)CC(C)(C)O)n1. The third-order valence-corrected chi connectivity index (χ3v) is 2.54. The van der Waals surface area contributed by atoms with Crippen LogP contribution in [0.15, 0.2) is 6.20 Å². The van der Waals surface area contributed by atoms with Crippen LogP contribution in [0.5, 0.6) is 0 Å². The van der Waals surface area contributed by atoms with Crippen LogP contribution in [0, 0.1) is 6.92 Å². The molecule has 0 spiro atoms. The minimum absolute atomic E-state index is 0.549. The van der Waals surface area contributed by atoms with Crippen LogP contribution in [0.2, 0.25) is 0 Å². The maximum Gasteiger partial charge on any atom is 0.224 e. The lowest BCUT2D eigenvalue weighted by molar-refractivity contribution is 0.0874. The largest absolute Gasteiger partial charge is 0.389 e. The number of likely N-dealkylation sites (N-methyl/N-ethyl adjacent to an activating group) is 1. The van der Waals surface area contributed by atoms with Crippen molar-refractivity contribution >= 4 is 11.8 Å². The number of hydrogen-bond donors (Lipinski definition) is 2. The summed E-state index contributed by atoms with van der Waals surface area (Å²) in [5.74, 6) is 1.51. The molecule has 5 heteroatoms. The molecule has 5 nitrogen and oxygen atoms in total. The Morgan fingerprint density at radius 2 is 2.06 bits per heavy atom. The highest BCUT2D eigenvalue weighted by Crippen LogP contribution is 2.20. The molecule has 0 atom stereocenters. The highest BCUT2D eigenvalue weighted by molar-refractivity contribution is 5.49. The Bertz CT molecular complexity index is 387. The summed E-state index contributed by atoms with van der Waals surface area (Å²) in [6.45, 7) is 11.8. The first-order chi connectivity index (χ1) is 8.37. The molecule has 1 rings (SSSR count). The quantitative estimate of drug-likeness (QED) is 0.808. The van der Waals surface area contributed by atoms with Crippen molar-refractivity contribution in [1.82, 2.24) is 9.97 Å². The van der Waals surface area contributed by atoms with Gasteiger partial charge < -0.3 is 15.3 Å². The molecule has 102 valence electrons. The summed E-state index contributed by atoms with van der Waals surface area (Å²) >= 11 is 0. The second-order valence-electron chi connectivity index (χ2n) is 5.06. The zero-order valence-corrected chi connectivity index (χ0v) is 12.0. The predicted octanol–water partition coefficient (Wildman–Crippen LogP) is 1.81. The number of rotatable bonds is 6. The molecule has 0 aliphatic heterocycles. The van der Waals surface area contributed by atoms with E-state index < -0.39 is 5.60 Å². The Kier molecular flexibility index (Phi) is 4.90. The van der Waals surface area contributed by atoms with E-state index in [1.165, 1.54) is 0 Å². The van der Waals surface area contributed by atoms with Crippen molar-refractivity contribution in [3.8, 4) is 0 Å². The van der Waals surface area contributed by atoms with Gasteiger partial charge in [-0.1, -0.05) is 0 Å². The molecule has 18 heavy (non-hydrogen) atoms. The Morgan fingerprint density at radius 3 is 2.56 bits per heavy atom. The number of hydrogen-bond acceptors (Lipinski definition) is 5. The average molecular weight is 252 g/mol. The molecule has 0 bridgehead atoms. The first-order valence-electron chi connectivity index (χ1n) is 6.42. The summed E-state index contributed by atoms with van der Waals surface area (Å²) in [6, 6.07) is 0. The standard InChI is InChI=1S/C13H24N4O/c1-6-14-12-15-8-10(3)11(16-12)17(7-2)9-13(4,5)18/h8,18H,6-7,9H2,1-5H3,(H,14,15,16). The van der Waals surface area contributed by atoms with Gasteiger partial charge in [0.15, 0.2) is 0 Å². The molecule has 0 saturated carbocycles. The van der Waals surface area contributed by atoms with Gasteiger partial charge in [0.05, 0.1) is 5.60 Å². The first kappa shape index (κ1) is 14.7. The van der Waals surface area contributed by atoms with Gasteiger partial charge in [0.2, 0.25) is 5.95 Å². The number of nitrogens with one attached hydrogen (secondary N) is 1. The summed E-state index contributed by atoms with van der Waals surface area (Å²) < 4.78 is 0. The van der Waals surface area contributed by atoms with Gasteiger partial charge in [-0.3, -0.25) is 0 Å². The van der Waals surface area contributed by atoms with Crippen LogP contribution in [0.1, 0.15) is 33.3 Å². The number of aromatic nitrogens is 2. The second-order valence-corrected chi connectivity index (χ2v) is 5.06. The molecule has 0 aliphatic rings. The van der Waals surface area contributed by atoms with Gasteiger partial charge >= 0.3 is 0 Å². The Balaban J connectivity index is 3.00. The normalized spacial score (nSPS) is 11.4. The molecule has 0 saturated heterocycles. The van der Waals surface area contributed by atoms with Crippen molar-refractivity contribution in [2.24, 2.45) is 0 Å². The van der Waals surface area contributed by atoms with E-state index in [4.69, 9.17) is 0 Å². The zero-order valence-electron chi connectivity index (χ0n) is 12.0. The molecule has 0 amide bonds. The lowest BCUT2D eigenvalue weighted by atomic mass is 10.1. The van der Waals surface area contributed by atoms with Crippen LogP contribution in [-0.4, -0.2) is 40.3 Å². The lowest BCUT2D eigenvalue weighted by Crippen LogP contribution is -2.39. The maximum absolute atomic E-state index is 9.94. The fraction of sp³-hybridized carbons (Fsp3) is 0.692. The summed E-state index contributed by atoms with van der Waals surface area (Å²) in [6.07, 6.45) is 1.81.